The average Bonchev–Trinajstić information content (AvgIpc) is 3.23. The highest BCUT2D eigenvalue weighted by molar-refractivity contribution is 7.98. The molecule has 5 rings (SSSR count). The summed E-state index contributed by atoms with van der Waals surface area (Å²) in [6.07, 6.45) is -5.32. The summed E-state index contributed by atoms with van der Waals surface area (Å²) in [5.74, 6) is 1.20. The number of imidazole rings is 1. The number of alkyl halides is 3. The second-order valence-corrected chi connectivity index (χ2v) is 8.71. The molecule has 2 aromatic carbocycles. The minimum atomic E-state index is -4.06. The van der Waals surface area contributed by atoms with Gasteiger partial charge >= 0.3 is 12.5 Å². The van der Waals surface area contributed by atoms with E-state index in [1.54, 1.807) is 13.3 Å². The molecule has 0 aliphatic carbocycles. The predicted octanol–water partition coefficient (Wildman–Crippen LogP) is 5.81. The van der Waals surface area contributed by atoms with E-state index in [1.807, 2.05) is 37.3 Å². The Morgan fingerprint density at radius 3 is 2.74 bits per heavy atom. The predicted molar refractivity (Wildman–Crippen MR) is 123 cm³/mol. The van der Waals surface area contributed by atoms with Crippen LogP contribution in [0.25, 0.3) is 11.0 Å². The molecule has 1 aliphatic rings. The van der Waals surface area contributed by atoms with Gasteiger partial charge in [-0.15, -0.1) is 0 Å². The van der Waals surface area contributed by atoms with Crippen molar-refractivity contribution in [2.75, 3.05) is 7.11 Å². The number of aromatic nitrogens is 3. The topological polar surface area (TPSA) is 78.5 Å². The molecule has 182 valence electrons. The molecule has 1 N–H and O–H groups in total. The van der Waals surface area contributed by atoms with Crippen molar-refractivity contribution in [2.24, 2.45) is 0 Å². The number of hydrogen-bond donors (Lipinski definition) is 1. The van der Waals surface area contributed by atoms with Crippen molar-refractivity contribution in [2.45, 2.75) is 36.9 Å². The molecule has 0 bridgehead atoms. The number of aromatic amines is 1. The first kappa shape index (κ1) is 23.2. The van der Waals surface area contributed by atoms with Crippen molar-refractivity contribution in [1.82, 2.24) is 15.0 Å². The third-order valence-electron chi connectivity index (χ3n) is 5.39. The number of methoxy groups -OCH3 is 1. The molecule has 7 nitrogen and oxygen atoms in total. The largest absolute Gasteiger partial charge is 0.492 e. The van der Waals surface area contributed by atoms with Crippen molar-refractivity contribution >= 4 is 22.8 Å². The minimum absolute atomic E-state index is 0.132. The number of pyridine rings is 1. The van der Waals surface area contributed by atoms with Crippen molar-refractivity contribution in [1.29, 1.82) is 0 Å². The second kappa shape index (κ2) is 9.21. The number of H-pyrrole nitrogens is 1. The Kier molecular flexibility index (Phi) is 6.10. The van der Waals surface area contributed by atoms with E-state index in [4.69, 9.17) is 9.47 Å². The highest BCUT2D eigenvalue weighted by Crippen LogP contribution is 2.42. The van der Waals surface area contributed by atoms with Gasteiger partial charge < -0.3 is 23.9 Å². The number of fused-ring (bicyclic) bond motifs is 2. The summed E-state index contributed by atoms with van der Waals surface area (Å²) < 4.78 is 61.0. The number of ether oxygens (including phenoxy) is 4. The fourth-order valence-electron chi connectivity index (χ4n) is 3.59. The van der Waals surface area contributed by atoms with E-state index >= 15 is 0 Å². The molecule has 0 fully saturated rings. The van der Waals surface area contributed by atoms with Crippen LogP contribution in [0.4, 0.5) is 13.2 Å². The highest BCUT2D eigenvalue weighted by atomic mass is 32.2. The van der Waals surface area contributed by atoms with Crippen LogP contribution in [0.1, 0.15) is 16.8 Å². The van der Waals surface area contributed by atoms with Crippen LogP contribution in [0.2, 0.25) is 0 Å². The lowest BCUT2D eigenvalue weighted by atomic mass is 10.2. The van der Waals surface area contributed by atoms with Gasteiger partial charge in [-0.1, -0.05) is 42.1 Å². The van der Waals surface area contributed by atoms with Gasteiger partial charge in [-0.05, 0) is 12.5 Å². The quantitative estimate of drug-likeness (QED) is 0.319. The fourth-order valence-corrected chi connectivity index (χ4v) is 4.50. The Hall–Kier alpha value is -3.60. The van der Waals surface area contributed by atoms with Crippen LogP contribution in [-0.4, -0.2) is 34.5 Å². The van der Waals surface area contributed by atoms with E-state index in [9.17, 15) is 13.2 Å². The van der Waals surface area contributed by atoms with Crippen molar-refractivity contribution in [3.05, 3.63) is 65.5 Å². The molecule has 1 aliphatic heterocycles. The van der Waals surface area contributed by atoms with Gasteiger partial charge in [-0.3, -0.25) is 4.98 Å². The number of benzene rings is 2. The van der Waals surface area contributed by atoms with Crippen LogP contribution in [-0.2, 0) is 12.4 Å². The number of hydrogen-bond acceptors (Lipinski definition) is 7. The summed E-state index contributed by atoms with van der Waals surface area (Å²) in [5.41, 5.74) is 3.51. The Morgan fingerprint density at radius 2 is 1.97 bits per heavy atom. The maximum Gasteiger partial charge on any atom is 0.468 e. The first-order chi connectivity index (χ1) is 16.8. The zero-order valence-electron chi connectivity index (χ0n) is 18.7. The first-order valence-corrected chi connectivity index (χ1v) is 11.6. The summed E-state index contributed by atoms with van der Waals surface area (Å²) >= 11 is 1.36. The van der Waals surface area contributed by atoms with Gasteiger partial charge in [-0.2, -0.15) is 13.2 Å². The third-order valence-corrected chi connectivity index (χ3v) is 6.27. The van der Waals surface area contributed by atoms with E-state index in [0.29, 0.717) is 40.0 Å². The highest BCUT2D eigenvalue weighted by Gasteiger charge is 2.49. The molecule has 1 atom stereocenters. The average molecular weight is 504 g/mol. The van der Waals surface area contributed by atoms with Gasteiger partial charge in [0.15, 0.2) is 28.2 Å². The lowest BCUT2D eigenvalue weighted by Gasteiger charge is -2.28. The maximum atomic E-state index is 13.5. The zero-order valence-corrected chi connectivity index (χ0v) is 19.5. The smallest absolute Gasteiger partial charge is 0.468 e. The van der Waals surface area contributed by atoms with Crippen molar-refractivity contribution < 1.29 is 32.1 Å². The normalized spacial score (nSPS) is 16.3. The van der Waals surface area contributed by atoms with E-state index in [2.05, 4.69) is 24.4 Å². The molecule has 11 heteroatoms. The molecular formula is C24H20F3N3O4S. The summed E-state index contributed by atoms with van der Waals surface area (Å²) in [7, 11) is 1.57. The van der Waals surface area contributed by atoms with Gasteiger partial charge in [0.25, 0.3) is 0 Å². The summed E-state index contributed by atoms with van der Waals surface area (Å²) in [5, 5.41) is 0.524. The van der Waals surface area contributed by atoms with Gasteiger partial charge in [0, 0.05) is 23.4 Å². The Morgan fingerprint density at radius 1 is 1.17 bits per heavy atom. The number of nitrogens with zero attached hydrogens (tertiary/aromatic N) is 2. The first-order valence-electron chi connectivity index (χ1n) is 10.6. The lowest BCUT2D eigenvalue weighted by Crippen LogP contribution is -2.43. The zero-order chi connectivity index (χ0) is 24.6. The Balaban J connectivity index is 1.31. The van der Waals surface area contributed by atoms with Crippen LogP contribution in [0.3, 0.4) is 0 Å². The lowest BCUT2D eigenvalue weighted by molar-refractivity contribution is -0.281. The van der Waals surface area contributed by atoms with Crippen LogP contribution in [0, 0.1) is 6.92 Å². The van der Waals surface area contributed by atoms with Crippen molar-refractivity contribution in [3.8, 4) is 23.0 Å². The molecule has 35 heavy (non-hydrogen) atoms. The number of nitrogens with one attached hydrogen (secondary N) is 1. The van der Waals surface area contributed by atoms with Gasteiger partial charge in [0.1, 0.15) is 6.61 Å². The van der Waals surface area contributed by atoms with E-state index in [0.717, 1.165) is 16.8 Å². The molecule has 3 heterocycles. The van der Waals surface area contributed by atoms with E-state index < -0.39 is 12.5 Å². The Bertz CT molecular complexity index is 1370. The standard InChI is InChI=1S/C24H20F3N3O4S/c1-13-17(28-10-20(21(13)31-2)32-11-14-6-4-3-5-7-14)12-35-23-29-15-8-18-19(9-16(15)30-23)34-24(26,27)22(25)33-18/h3-10,22H,11-12H2,1-2H3,(H,29,30). The molecule has 0 saturated carbocycles. The SMILES string of the molecule is COc1c(OCc2ccccc2)cnc(CSc2nc3cc4c(cc3[nH]2)OC(F)(F)C(F)O4)c1C. The maximum absolute atomic E-state index is 13.5. The van der Waals surface area contributed by atoms with Gasteiger partial charge in [0.2, 0.25) is 0 Å². The molecular weight excluding hydrogens is 483 g/mol. The second-order valence-electron chi connectivity index (χ2n) is 7.75. The molecule has 1 unspecified atom stereocenters. The van der Waals surface area contributed by atoms with Crippen LogP contribution >= 0.6 is 11.8 Å². The summed E-state index contributed by atoms with van der Waals surface area (Å²) in [6, 6.07) is 12.5. The summed E-state index contributed by atoms with van der Waals surface area (Å²) in [4.78, 5) is 12.0. The van der Waals surface area contributed by atoms with E-state index in [1.165, 1.54) is 23.9 Å². The number of halogens is 3. The molecule has 0 saturated heterocycles. The third kappa shape index (κ3) is 4.68. The summed E-state index contributed by atoms with van der Waals surface area (Å²) in [6.45, 7) is 2.28. The molecule has 0 amide bonds. The van der Waals surface area contributed by atoms with Gasteiger partial charge in [-0.25, -0.2) is 4.98 Å². The number of rotatable bonds is 7. The minimum Gasteiger partial charge on any atom is -0.492 e. The fraction of sp³-hybridized carbons (Fsp3) is 0.250. The molecule has 4 aromatic rings. The molecule has 0 radical (unpaired) electrons. The number of thioether (sulfide) groups is 1. The van der Waals surface area contributed by atoms with E-state index in [-0.39, 0.29) is 11.5 Å². The van der Waals surface area contributed by atoms with Crippen LogP contribution < -0.4 is 18.9 Å². The molecule has 2 aromatic heterocycles. The molecule has 0 spiro atoms. The monoisotopic (exact) mass is 503 g/mol. The van der Waals surface area contributed by atoms with Crippen LogP contribution in [0.5, 0.6) is 23.0 Å². The Labute approximate surface area is 202 Å². The van der Waals surface area contributed by atoms with Crippen molar-refractivity contribution in [3.63, 3.8) is 0 Å². The van der Waals surface area contributed by atoms with Gasteiger partial charge in [0.05, 0.1) is 30.0 Å². The van der Waals surface area contributed by atoms with Crippen LogP contribution in [0.15, 0.2) is 53.8 Å².